The van der Waals surface area contributed by atoms with Gasteiger partial charge < -0.3 is 19.9 Å². The van der Waals surface area contributed by atoms with Gasteiger partial charge in [0, 0.05) is 6.54 Å². The van der Waals surface area contributed by atoms with Gasteiger partial charge in [-0.1, -0.05) is 12.1 Å². The molecule has 0 aliphatic rings. The number of hydrogen-bond donors (Lipinski definition) is 2. The van der Waals surface area contributed by atoms with E-state index in [1.54, 1.807) is 45.0 Å². The number of carbonyl (C=O) groups excluding carboxylic acids is 1. The maximum absolute atomic E-state index is 11.4. The van der Waals surface area contributed by atoms with Gasteiger partial charge in [0.2, 0.25) is 0 Å². The van der Waals surface area contributed by atoms with Gasteiger partial charge in [0.05, 0.1) is 13.0 Å². The van der Waals surface area contributed by atoms with E-state index in [4.69, 9.17) is 14.6 Å². The molecule has 0 saturated carbocycles. The minimum absolute atomic E-state index is 0.0304. The van der Waals surface area contributed by atoms with E-state index in [1.165, 1.54) is 0 Å². The summed E-state index contributed by atoms with van der Waals surface area (Å²) in [5.41, 5.74) is 0.183. The van der Waals surface area contributed by atoms with Crippen LogP contribution in [0.2, 0.25) is 0 Å². The summed E-state index contributed by atoms with van der Waals surface area (Å²) in [7, 11) is 0. The summed E-state index contributed by atoms with van der Waals surface area (Å²) in [5, 5.41) is 11.4. The van der Waals surface area contributed by atoms with Gasteiger partial charge in [-0.25, -0.2) is 4.79 Å². The number of benzene rings is 1. The van der Waals surface area contributed by atoms with Gasteiger partial charge in [0.15, 0.2) is 0 Å². The van der Waals surface area contributed by atoms with Crippen molar-refractivity contribution in [3.63, 3.8) is 0 Å². The van der Waals surface area contributed by atoms with Crippen LogP contribution in [0.3, 0.4) is 0 Å². The highest BCUT2D eigenvalue weighted by Gasteiger charge is 2.15. The molecule has 6 nitrogen and oxygen atoms in total. The zero-order valence-corrected chi connectivity index (χ0v) is 13.2. The Morgan fingerprint density at radius 1 is 1.27 bits per heavy atom. The molecule has 0 aliphatic heterocycles. The number of carboxylic acids is 1. The highest BCUT2D eigenvalue weighted by molar-refractivity contribution is 5.70. The molecule has 0 aliphatic carbocycles. The van der Waals surface area contributed by atoms with Gasteiger partial charge in [-0.2, -0.15) is 0 Å². The quantitative estimate of drug-likeness (QED) is 0.756. The van der Waals surface area contributed by atoms with Crippen LogP contribution in [0.5, 0.6) is 5.75 Å². The zero-order chi connectivity index (χ0) is 16.6. The van der Waals surface area contributed by atoms with E-state index in [2.05, 4.69) is 5.32 Å². The van der Waals surface area contributed by atoms with E-state index >= 15 is 0 Å². The van der Waals surface area contributed by atoms with Crippen molar-refractivity contribution in [2.75, 3.05) is 13.2 Å². The summed E-state index contributed by atoms with van der Waals surface area (Å²) >= 11 is 0. The second-order valence-electron chi connectivity index (χ2n) is 5.85. The van der Waals surface area contributed by atoms with Crippen LogP contribution in [0, 0.1) is 0 Å². The summed E-state index contributed by atoms with van der Waals surface area (Å²) < 4.78 is 10.6. The number of carboxylic acid groups (broad SMARTS) is 1. The monoisotopic (exact) mass is 309 g/mol. The van der Waals surface area contributed by atoms with Crippen molar-refractivity contribution in [3.05, 3.63) is 29.8 Å². The highest BCUT2D eigenvalue weighted by Crippen LogP contribution is 2.14. The number of rotatable bonds is 7. The SMILES string of the molecule is CC(C)(C)OC(=O)NCCCOc1cccc(CC(=O)O)c1. The van der Waals surface area contributed by atoms with E-state index in [-0.39, 0.29) is 6.42 Å². The van der Waals surface area contributed by atoms with Crippen LogP contribution in [0.4, 0.5) is 4.79 Å². The lowest BCUT2D eigenvalue weighted by molar-refractivity contribution is -0.136. The molecule has 2 N–H and O–H groups in total. The lowest BCUT2D eigenvalue weighted by Gasteiger charge is -2.19. The Balaban J connectivity index is 2.25. The Morgan fingerprint density at radius 3 is 2.64 bits per heavy atom. The van der Waals surface area contributed by atoms with E-state index in [1.807, 2.05) is 0 Å². The predicted octanol–water partition coefficient (Wildman–Crippen LogP) is 2.61. The van der Waals surface area contributed by atoms with E-state index in [0.29, 0.717) is 30.9 Å². The number of ether oxygens (including phenoxy) is 2. The number of nitrogens with one attached hydrogen (secondary N) is 1. The summed E-state index contributed by atoms with van der Waals surface area (Å²) in [6.07, 6.45) is 0.149. The first-order valence-electron chi connectivity index (χ1n) is 7.16. The molecule has 0 unspecified atom stereocenters. The maximum atomic E-state index is 11.4. The molecule has 0 fully saturated rings. The predicted molar refractivity (Wildman–Crippen MR) is 82.1 cm³/mol. The second-order valence-corrected chi connectivity index (χ2v) is 5.85. The Bertz CT molecular complexity index is 508. The molecule has 1 aromatic rings. The topological polar surface area (TPSA) is 84.9 Å². The van der Waals surface area contributed by atoms with Gasteiger partial charge in [-0.15, -0.1) is 0 Å². The smallest absolute Gasteiger partial charge is 0.407 e. The molecule has 0 heterocycles. The number of alkyl carbamates (subject to hydrolysis) is 1. The minimum Gasteiger partial charge on any atom is -0.494 e. The average Bonchev–Trinajstić information content (AvgIpc) is 2.35. The minimum atomic E-state index is -0.876. The molecule has 0 saturated heterocycles. The van der Waals surface area contributed by atoms with Crippen molar-refractivity contribution in [2.24, 2.45) is 0 Å². The third kappa shape index (κ3) is 8.14. The number of amides is 1. The van der Waals surface area contributed by atoms with Gasteiger partial charge in [0.1, 0.15) is 11.4 Å². The molecule has 0 radical (unpaired) electrons. The number of aliphatic carboxylic acids is 1. The largest absolute Gasteiger partial charge is 0.494 e. The molecule has 22 heavy (non-hydrogen) atoms. The fourth-order valence-corrected chi connectivity index (χ4v) is 1.69. The van der Waals surface area contributed by atoms with Crippen molar-refractivity contribution < 1.29 is 24.2 Å². The first-order chi connectivity index (χ1) is 10.3. The van der Waals surface area contributed by atoms with Crippen molar-refractivity contribution in [1.82, 2.24) is 5.32 Å². The fraction of sp³-hybridized carbons (Fsp3) is 0.500. The summed E-state index contributed by atoms with van der Waals surface area (Å²) in [5.74, 6) is -0.255. The normalized spacial score (nSPS) is 10.9. The molecule has 1 rings (SSSR count). The van der Waals surface area contributed by atoms with E-state index < -0.39 is 17.7 Å². The Hall–Kier alpha value is -2.24. The Kier molecular flexibility index (Phi) is 6.69. The van der Waals surface area contributed by atoms with Crippen LogP contribution in [0.1, 0.15) is 32.8 Å². The molecule has 1 amide bonds. The second kappa shape index (κ2) is 8.26. The van der Waals surface area contributed by atoms with Crippen LogP contribution >= 0.6 is 0 Å². The van der Waals surface area contributed by atoms with Gasteiger partial charge >= 0.3 is 12.1 Å². The van der Waals surface area contributed by atoms with Crippen LogP contribution in [-0.4, -0.2) is 35.9 Å². The zero-order valence-electron chi connectivity index (χ0n) is 13.2. The molecular formula is C16H23NO5. The summed E-state index contributed by atoms with van der Waals surface area (Å²) in [6.45, 7) is 6.29. The van der Waals surface area contributed by atoms with E-state index in [9.17, 15) is 9.59 Å². The Morgan fingerprint density at radius 2 is 2.00 bits per heavy atom. The van der Waals surface area contributed by atoms with Gasteiger partial charge in [-0.05, 0) is 44.9 Å². The summed E-state index contributed by atoms with van der Waals surface area (Å²) in [4.78, 5) is 22.1. The van der Waals surface area contributed by atoms with Crippen LogP contribution in [0.25, 0.3) is 0 Å². The summed E-state index contributed by atoms with van der Waals surface area (Å²) in [6, 6.07) is 6.97. The molecular weight excluding hydrogens is 286 g/mol. The van der Waals surface area contributed by atoms with Crippen molar-refractivity contribution in [1.29, 1.82) is 0 Å². The molecule has 1 aromatic carbocycles. The molecule has 0 aromatic heterocycles. The van der Waals surface area contributed by atoms with Gasteiger partial charge in [0.25, 0.3) is 0 Å². The lowest BCUT2D eigenvalue weighted by Crippen LogP contribution is -2.33. The average molecular weight is 309 g/mol. The van der Waals surface area contributed by atoms with Crippen molar-refractivity contribution >= 4 is 12.1 Å². The third-order valence-corrected chi connectivity index (χ3v) is 2.51. The molecule has 6 heteroatoms. The molecule has 0 spiro atoms. The fourth-order valence-electron chi connectivity index (χ4n) is 1.69. The highest BCUT2D eigenvalue weighted by atomic mass is 16.6. The van der Waals surface area contributed by atoms with Crippen LogP contribution in [0.15, 0.2) is 24.3 Å². The first kappa shape index (κ1) is 17.8. The molecule has 122 valence electrons. The lowest BCUT2D eigenvalue weighted by atomic mass is 10.1. The third-order valence-electron chi connectivity index (χ3n) is 2.51. The van der Waals surface area contributed by atoms with Gasteiger partial charge in [-0.3, -0.25) is 4.79 Å². The maximum Gasteiger partial charge on any atom is 0.407 e. The van der Waals surface area contributed by atoms with Crippen LogP contribution in [-0.2, 0) is 16.0 Å². The van der Waals surface area contributed by atoms with Crippen LogP contribution < -0.4 is 10.1 Å². The molecule has 0 bridgehead atoms. The first-order valence-corrected chi connectivity index (χ1v) is 7.16. The number of hydrogen-bond acceptors (Lipinski definition) is 4. The van der Waals surface area contributed by atoms with Crippen molar-refractivity contribution in [3.8, 4) is 5.75 Å². The number of carbonyl (C=O) groups is 2. The van der Waals surface area contributed by atoms with E-state index in [0.717, 1.165) is 0 Å². The Labute approximate surface area is 130 Å². The standard InChI is InChI=1S/C16H23NO5/c1-16(2,3)22-15(20)17-8-5-9-21-13-7-4-6-12(10-13)11-14(18)19/h4,6-7,10H,5,8-9,11H2,1-3H3,(H,17,20)(H,18,19). The molecule has 0 atom stereocenters. The van der Waals surface area contributed by atoms with Crippen molar-refractivity contribution in [2.45, 2.75) is 39.2 Å².